The fourth-order valence-corrected chi connectivity index (χ4v) is 3.38. The highest BCUT2D eigenvalue weighted by Gasteiger charge is 2.17. The van der Waals surface area contributed by atoms with Crippen LogP contribution in [0.15, 0.2) is 5.38 Å². The molecule has 2 aromatic heterocycles. The van der Waals surface area contributed by atoms with Crippen molar-refractivity contribution in [2.75, 3.05) is 6.54 Å². The zero-order valence-electron chi connectivity index (χ0n) is 12.1. The number of thiazole rings is 1. The van der Waals surface area contributed by atoms with Crippen LogP contribution >= 0.6 is 11.3 Å². The van der Waals surface area contributed by atoms with Gasteiger partial charge in [-0.2, -0.15) is 0 Å². The van der Waals surface area contributed by atoms with Crippen LogP contribution in [-0.4, -0.2) is 21.5 Å². The second-order valence-electron chi connectivity index (χ2n) is 5.25. The molecule has 106 valence electrons. The van der Waals surface area contributed by atoms with E-state index in [0.29, 0.717) is 0 Å². The van der Waals surface area contributed by atoms with Gasteiger partial charge in [0, 0.05) is 41.8 Å². The number of aromatic nitrogens is 3. The van der Waals surface area contributed by atoms with E-state index in [9.17, 15) is 0 Å². The number of fused-ring (bicyclic) bond motifs is 1. The molecule has 1 aliphatic heterocycles. The van der Waals surface area contributed by atoms with E-state index in [1.165, 1.54) is 17.0 Å². The van der Waals surface area contributed by atoms with Gasteiger partial charge in [-0.05, 0) is 13.3 Å². The van der Waals surface area contributed by atoms with Gasteiger partial charge in [0.1, 0.15) is 10.8 Å². The van der Waals surface area contributed by atoms with Crippen molar-refractivity contribution < 1.29 is 0 Å². The predicted octanol–water partition coefficient (Wildman–Crippen LogP) is 2.43. The minimum atomic E-state index is 0.760. The van der Waals surface area contributed by atoms with Crippen molar-refractivity contribution in [2.45, 2.75) is 46.1 Å². The second kappa shape index (κ2) is 5.97. The minimum absolute atomic E-state index is 0.760. The lowest BCUT2D eigenvalue weighted by Crippen LogP contribution is -2.27. The van der Waals surface area contributed by atoms with Crippen LogP contribution in [0.25, 0.3) is 0 Å². The third-order valence-corrected chi connectivity index (χ3v) is 4.49. The standard InChI is InChI=1S/C15H20N4S/c1-3-4-12-11-8-16-6-5-13(11)19-14(18-12)7-15-17-10(2)9-20-15/h9,16H,3-8H2,1-2H3. The molecule has 0 bridgehead atoms. The molecule has 2 aromatic rings. The quantitative estimate of drug-likeness (QED) is 0.939. The first-order valence-electron chi connectivity index (χ1n) is 7.25. The maximum atomic E-state index is 4.80. The van der Waals surface area contributed by atoms with Gasteiger partial charge in [0.25, 0.3) is 0 Å². The van der Waals surface area contributed by atoms with E-state index in [0.717, 1.165) is 55.3 Å². The topological polar surface area (TPSA) is 50.7 Å². The van der Waals surface area contributed by atoms with E-state index in [-0.39, 0.29) is 0 Å². The van der Waals surface area contributed by atoms with Crippen molar-refractivity contribution >= 4 is 11.3 Å². The minimum Gasteiger partial charge on any atom is -0.312 e. The number of nitrogens with zero attached hydrogens (tertiary/aromatic N) is 3. The van der Waals surface area contributed by atoms with Gasteiger partial charge < -0.3 is 5.32 Å². The molecule has 20 heavy (non-hydrogen) atoms. The third-order valence-electron chi connectivity index (χ3n) is 3.53. The zero-order chi connectivity index (χ0) is 13.9. The van der Waals surface area contributed by atoms with Crippen molar-refractivity contribution in [1.82, 2.24) is 20.3 Å². The average Bonchev–Trinajstić information content (AvgIpc) is 2.84. The lowest BCUT2D eigenvalue weighted by atomic mass is 10.0. The Hall–Kier alpha value is -1.33. The van der Waals surface area contributed by atoms with Crippen LogP contribution in [0.4, 0.5) is 0 Å². The Morgan fingerprint density at radius 3 is 2.95 bits per heavy atom. The van der Waals surface area contributed by atoms with Gasteiger partial charge in [0.05, 0.1) is 12.1 Å². The largest absolute Gasteiger partial charge is 0.312 e. The van der Waals surface area contributed by atoms with Crippen LogP contribution in [0.1, 0.15) is 46.8 Å². The summed E-state index contributed by atoms with van der Waals surface area (Å²) in [5.74, 6) is 0.934. The van der Waals surface area contributed by atoms with Crippen molar-refractivity contribution in [2.24, 2.45) is 0 Å². The number of hydrogen-bond donors (Lipinski definition) is 1. The molecule has 5 heteroatoms. The number of nitrogens with one attached hydrogen (secondary N) is 1. The molecule has 0 amide bonds. The highest BCUT2D eigenvalue weighted by molar-refractivity contribution is 7.09. The van der Waals surface area contributed by atoms with Crippen LogP contribution in [0.3, 0.4) is 0 Å². The highest BCUT2D eigenvalue weighted by atomic mass is 32.1. The smallest absolute Gasteiger partial charge is 0.135 e. The summed E-state index contributed by atoms with van der Waals surface area (Å²) in [7, 11) is 0. The van der Waals surface area contributed by atoms with Crippen LogP contribution in [0.2, 0.25) is 0 Å². The molecule has 0 radical (unpaired) electrons. The van der Waals surface area contributed by atoms with Gasteiger partial charge in [-0.15, -0.1) is 11.3 Å². The van der Waals surface area contributed by atoms with Gasteiger partial charge in [0.2, 0.25) is 0 Å². The molecule has 3 heterocycles. The summed E-state index contributed by atoms with van der Waals surface area (Å²) in [6.45, 7) is 6.17. The maximum absolute atomic E-state index is 4.80. The summed E-state index contributed by atoms with van der Waals surface area (Å²) in [6.07, 6.45) is 3.93. The first kappa shape index (κ1) is 13.6. The molecule has 4 nitrogen and oxygen atoms in total. The summed E-state index contributed by atoms with van der Waals surface area (Å²) in [4.78, 5) is 14.1. The van der Waals surface area contributed by atoms with Crippen LogP contribution in [0, 0.1) is 6.92 Å². The molecule has 0 unspecified atom stereocenters. The summed E-state index contributed by atoms with van der Waals surface area (Å²) in [6, 6.07) is 0. The molecule has 0 saturated heterocycles. The van der Waals surface area contributed by atoms with Crippen LogP contribution < -0.4 is 5.32 Å². The Bertz CT molecular complexity index is 606. The summed E-state index contributed by atoms with van der Waals surface area (Å²) < 4.78 is 0. The first-order chi connectivity index (χ1) is 9.76. The third kappa shape index (κ3) is 2.88. The van der Waals surface area contributed by atoms with E-state index in [1.807, 2.05) is 6.92 Å². The van der Waals surface area contributed by atoms with Gasteiger partial charge >= 0.3 is 0 Å². The molecule has 0 saturated carbocycles. The predicted molar refractivity (Wildman–Crippen MR) is 81.1 cm³/mol. The summed E-state index contributed by atoms with van der Waals surface area (Å²) in [5, 5.41) is 6.62. The van der Waals surface area contributed by atoms with Gasteiger partial charge in [0.15, 0.2) is 0 Å². The Morgan fingerprint density at radius 1 is 1.30 bits per heavy atom. The lowest BCUT2D eigenvalue weighted by molar-refractivity contribution is 0.608. The SMILES string of the molecule is CCCc1nc(Cc2nc(C)cs2)nc2c1CNCC2. The molecule has 1 N–H and O–H groups in total. The summed E-state index contributed by atoms with van der Waals surface area (Å²) in [5.41, 5.74) is 4.89. The van der Waals surface area contributed by atoms with Crippen LogP contribution in [0.5, 0.6) is 0 Å². The molecule has 0 fully saturated rings. The van der Waals surface area contributed by atoms with E-state index < -0.39 is 0 Å². The molecule has 0 atom stereocenters. The molecule has 3 rings (SSSR count). The fourth-order valence-electron chi connectivity index (χ4n) is 2.61. The Morgan fingerprint density at radius 2 is 2.20 bits per heavy atom. The van der Waals surface area contributed by atoms with Gasteiger partial charge in [-0.1, -0.05) is 13.3 Å². The van der Waals surface area contributed by atoms with E-state index in [1.54, 1.807) is 11.3 Å². The Balaban J connectivity index is 1.92. The highest BCUT2D eigenvalue weighted by Crippen LogP contribution is 2.19. The molecule has 0 aliphatic carbocycles. The Kier molecular flexibility index (Phi) is 4.08. The van der Waals surface area contributed by atoms with Crippen molar-refractivity contribution in [3.63, 3.8) is 0 Å². The lowest BCUT2D eigenvalue weighted by Gasteiger charge is -2.19. The van der Waals surface area contributed by atoms with Gasteiger partial charge in [-0.3, -0.25) is 0 Å². The van der Waals surface area contributed by atoms with E-state index in [4.69, 9.17) is 9.97 Å². The number of rotatable bonds is 4. The Labute approximate surface area is 123 Å². The van der Waals surface area contributed by atoms with Crippen molar-refractivity contribution in [3.05, 3.63) is 38.9 Å². The van der Waals surface area contributed by atoms with Crippen molar-refractivity contribution in [3.8, 4) is 0 Å². The van der Waals surface area contributed by atoms with Gasteiger partial charge in [-0.25, -0.2) is 15.0 Å². The fraction of sp³-hybridized carbons (Fsp3) is 0.533. The molecular weight excluding hydrogens is 268 g/mol. The number of aryl methyl sites for hydroxylation is 2. The average molecular weight is 288 g/mol. The number of hydrogen-bond acceptors (Lipinski definition) is 5. The molecule has 0 aromatic carbocycles. The van der Waals surface area contributed by atoms with E-state index in [2.05, 4.69) is 22.6 Å². The zero-order valence-corrected chi connectivity index (χ0v) is 12.9. The molecule has 1 aliphatic rings. The monoisotopic (exact) mass is 288 g/mol. The van der Waals surface area contributed by atoms with Crippen molar-refractivity contribution in [1.29, 1.82) is 0 Å². The normalized spacial score (nSPS) is 14.3. The maximum Gasteiger partial charge on any atom is 0.135 e. The second-order valence-corrected chi connectivity index (χ2v) is 6.19. The molecule has 0 spiro atoms. The molecular formula is C15H20N4S. The van der Waals surface area contributed by atoms with Crippen LogP contribution in [-0.2, 0) is 25.8 Å². The first-order valence-corrected chi connectivity index (χ1v) is 8.13. The summed E-state index contributed by atoms with van der Waals surface area (Å²) >= 11 is 1.70. The van der Waals surface area contributed by atoms with E-state index >= 15 is 0 Å².